The molecule has 0 N–H and O–H groups in total. The summed E-state index contributed by atoms with van der Waals surface area (Å²) < 4.78 is 10.3. The first-order valence-electron chi connectivity index (χ1n) is 9.28. The number of amides is 2. The Morgan fingerprint density at radius 3 is 2.32 bits per heavy atom. The Labute approximate surface area is 165 Å². The minimum Gasteiger partial charge on any atom is -0.462 e. The molecule has 1 aliphatic heterocycles. The lowest BCUT2D eigenvalue weighted by molar-refractivity contribution is -0.147. The van der Waals surface area contributed by atoms with E-state index < -0.39 is 29.2 Å². The van der Waals surface area contributed by atoms with Gasteiger partial charge in [-0.15, -0.1) is 6.58 Å². The molecule has 0 aromatic heterocycles. The average Bonchev–Trinajstić information content (AvgIpc) is 3.14. The lowest BCUT2D eigenvalue weighted by Crippen LogP contribution is -2.39. The van der Waals surface area contributed by atoms with Gasteiger partial charge in [0.1, 0.15) is 6.61 Å². The van der Waals surface area contributed by atoms with E-state index in [0.29, 0.717) is 24.8 Å². The normalized spacial score (nSPS) is 26.0. The van der Waals surface area contributed by atoms with Crippen molar-refractivity contribution < 1.29 is 28.7 Å². The number of likely N-dealkylation sites (tertiary alicyclic amines) is 1. The fourth-order valence-electron chi connectivity index (χ4n) is 3.81. The summed E-state index contributed by atoms with van der Waals surface area (Å²) in [5, 5.41) is 0. The van der Waals surface area contributed by atoms with Crippen LogP contribution in [-0.4, -0.2) is 48.4 Å². The Morgan fingerprint density at radius 2 is 1.75 bits per heavy atom. The summed E-state index contributed by atoms with van der Waals surface area (Å²) in [7, 11) is 0. The fraction of sp³-hybridized carbons (Fsp3) is 0.524. The van der Waals surface area contributed by atoms with E-state index in [-0.39, 0.29) is 37.1 Å². The van der Waals surface area contributed by atoms with Gasteiger partial charge in [0.2, 0.25) is 11.8 Å². The molecule has 3 unspecified atom stereocenters. The van der Waals surface area contributed by atoms with Gasteiger partial charge in [-0.3, -0.25) is 14.5 Å². The highest BCUT2D eigenvalue weighted by Crippen LogP contribution is 2.52. The molecular formula is C21H27NO6. The average molecular weight is 389 g/mol. The number of carbonyl (C=O) groups is 4. The molecule has 0 spiro atoms. The van der Waals surface area contributed by atoms with Crippen molar-refractivity contribution in [1.82, 2.24) is 4.90 Å². The smallest absolute Gasteiger partial charge is 0.333 e. The van der Waals surface area contributed by atoms with Crippen LogP contribution in [0.2, 0.25) is 0 Å². The van der Waals surface area contributed by atoms with E-state index in [1.165, 1.54) is 4.90 Å². The number of esters is 2. The quantitative estimate of drug-likeness (QED) is 0.197. The SMILES string of the molecule is C=CC1(COC(=O)C(=C)C)CCC2C(=O)N(CCCOC(=O)C(=C)C)C(=O)C21. The molecule has 2 rings (SSSR count). The maximum absolute atomic E-state index is 13.0. The molecule has 152 valence electrons. The summed E-state index contributed by atoms with van der Waals surface area (Å²) in [6.07, 6.45) is 3.07. The van der Waals surface area contributed by atoms with E-state index in [4.69, 9.17) is 9.47 Å². The van der Waals surface area contributed by atoms with Gasteiger partial charge in [0.05, 0.1) is 18.4 Å². The molecule has 0 aromatic rings. The monoisotopic (exact) mass is 389 g/mol. The van der Waals surface area contributed by atoms with E-state index in [9.17, 15) is 19.2 Å². The van der Waals surface area contributed by atoms with Gasteiger partial charge in [0, 0.05) is 23.1 Å². The van der Waals surface area contributed by atoms with Crippen LogP contribution in [0.1, 0.15) is 33.1 Å². The van der Waals surface area contributed by atoms with Crippen LogP contribution in [0.4, 0.5) is 0 Å². The zero-order chi connectivity index (χ0) is 21.1. The number of carbonyl (C=O) groups excluding carboxylic acids is 4. The molecule has 1 saturated carbocycles. The molecule has 0 bridgehead atoms. The van der Waals surface area contributed by atoms with E-state index in [1.54, 1.807) is 19.9 Å². The van der Waals surface area contributed by atoms with Gasteiger partial charge in [-0.25, -0.2) is 9.59 Å². The van der Waals surface area contributed by atoms with Crippen LogP contribution in [0, 0.1) is 17.3 Å². The first-order valence-corrected chi connectivity index (χ1v) is 9.28. The molecule has 7 nitrogen and oxygen atoms in total. The number of imide groups is 1. The van der Waals surface area contributed by atoms with Crippen molar-refractivity contribution in [3.05, 3.63) is 37.0 Å². The van der Waals surface area contributed by atoms with Gasteiger partial charge in [-0.1, -0.05) is 19.2 Å². The summed E-state index contributed by atoms with van der Waals surface area (Å²) in [5.41, 5.74) is -0.194. The molecule has 0 radical (unpaired) electrons. The van der Waals surface area contributed by atoms with Gasteiger partial charge in [0.15, 0.2) is 0 Å². The molecule has 7 heteroatoms. The Morgan fingerprint density at radius 1 is 1.14 bits per heavy atom. The van der Waals surface area contributed by atoms with Crippen molar-refractivity contribution in [2.45, 2.75) is 33.1 Å². The Kier molecular flexibility index (Phi) is 6.59. The molecule has 2 fully saturated rings. The van der Waals surface area contributed by atoms with Gasteiger partial charge in [-0.2, -0.15) is 0 Å². The molecule has 28 heavy (non-hydrogen) atoms. The summed E-state index contributed by atoms with van der Waals surface area (Å²) in [5.74, 6) is -2.57. The topological polar surface area (TPSA) is 90.0 Å². The molecule has 1 aliphatic carbocycles. The number of rotatable bonds is 9. The van der Waals surface area contributed by atoms with Crippen LogP contribution in [0.5, 0.6) is 0 Å². The van der Waals surface area contributed by atoms with Gasteiger partial charge in [-0.05, 0) is 33.1 Å². The third-order valence-corrected chi connectivity index (χ3v) is 5.39. The molecule has 1 saturated heterocycles. The lowest BCUT2D eigenvalue weighted by Gasteiger charge is -2.30. The minimum absolute atomic E-state index is 0.00750. The van der Waals surface area contributed by atoms with Gasteiger partial charge in [0.25, 0.3) is 0 Å². The molecule has 3 atom stereocenters. The number of hydrogen-bond donors (Lipinski definition) is 0. The number of ether oxygens (including phenoxy) is 2. The van der Waals surface area contributed by atoms with Crippen molar-refractivity contribution in [2.75, 3.05) is 19.8 Å². The van der Waals surface area contributed by atoms with Crippen molar-refractivity contribution in [1.29, 1.82) is 0 Å². The highest BCUT2D eigenvalue weighted by atomic mass is 16.5. The third-order valence-electron chi connectivity index (χ3n) is 5.39. The van der Waals surface area contributed by atoms with Crippen LogP contribution in [0.25, 0.3) is 0 Å². The van der Waals surface area contributed by atoms with E-state index in [1.807, 2.05) is 0 Å². The van der Waals surface area contributed by atoms with Crippen molar-refractivity contribution in [3.63, 3.8) is 0 Å². The number of hydrogen-bond acceptors (Lipinski definition) is 6. The lowest BCUT2D eigenvalue weighted by atomic mass is 9.76. The summed E-state index contributed by atoms with van der Waals surface area (Å²) in [4.78, 5) is 50.1. The second kappa shape index (κ2) is 8.54. The second-order valence-electron chi connectivity index (χ2n) is 7.51. The predicted octanol–water partition coefficient (Wildman–Crippen LogP) is 2.18. The number of fused-ring (bicyclic) bond motifs is 1. The van der Waals surface area contributed by atoms with Crippen LogP contribution in [0.15, 0.2) is 37.0 Å². The molecule has 2 amide bonds. The second-order valence-corrected chi connectivity index (χ2v) is 7.51. The Bertz CT molecular complexity index is 739. The molecule has 1 heterocycles. The zero-order valence-corrected chi connectivity index (χ0v) is 16.5. The highest BCUT2D eigenvalue weighted by molar-refractivity contribution is 6.06. The van der Waals surface area contributed by atoms with Crippen molar-refractivity contribution >= 4 is 23.8 Å². The maximum atomic E-state index is 13.0. The molecular weight excluding hydrogens is 362 g/mol. The van der Waals surface area contributed by atoms with E-state index in [0.717, 1.165) is 0 Å². The molecule has 0 aromatic carbocycles. The van der Waals surface area contributed by atoms with Gasteiger partial charge >= 0.3 is 11.9 Å². The first kappa shape index (κ1) is 21.6. The van der Waals surface area contributed by atoms with Gasteiger partial charge < -0.3 is 9.47 Å². The summed E-state index contributed by atoms with van der Waals surface area (Å²) >= 11 is 0. The van der Waals surface area contributed by atoms with Crippen LogP contribution in [0.3, 0.4) is 0 Å². The summed E-state index contributed by atoms with van der Waals surface area (Å²) in [6.45, 7) is 14.2. The zero-order valence-electron chi connectivity index (χ0n) is 16.5. The predicted molar refractivity (Wildman–Crippen MR) is 102 cm³/mol. The third kappa shape index (κ3) is 4.08. The highest BCUT2D eigenvalue weighted by Gasteiger charge is 2.60. The first-order chi connectivity index (χ1) is 13.1. The molecule has 2 aliphatic rings. The van der Waals surface area contributed by atoms with Crippen LogP contribution < -0.4 is 0 Å². The Balaban J connectivity index is 2.03. The van der Waals surface area contributed by atoms with E-state index in [2.05, 4.69) is 19.7 Å². The van der Waals surface area contributed by atoms with Crippen LogP contribution in [-0.2, 0) is 28.7 Å². The number of nitrogens with zero attached hydrogens (tertiary/aromatic N) is 1. The Hall–Kier alpha value is -2.70. The van der Waals surface area contributed by atoms with Crippen molar-refractivity contribution in [2.24, 2.45) is 17.3 Å². The minimum atomic E-state index is -0.760. The standard InChI is InChI=1S/C21H27NO6/c1-6-21(12-28-20(26)14(4)5)9-8-15-16(21)18(24)22(17(15)23)10-7-11-27-19(25)13(2)3/h6,15-16H,1-2,4,7-12H2,3,5H3. The van der Waals surface area contributed by atoms with Crippen LogP contribution >= 0.6 is 0 Å². The van der Waals surface area contributed by atoms with Crippen molar-refractivity contribution in [3.8, 4) is 0 Å². The maximum Gasteiger partial charge on any atom is 0.333 e. The van der Waals surface area contributed by atoms with E-state index >= 15 is 0 Å². The largest absolute Gasteiger partial charge is 0.462 e. The fourth-order valence-corrected chi connectivity index (χ4v) is 3.81. The summed E-state index contributed by atoms with van der Waals surface area (Å²) in [6, 6.07) is 0.